The van der Waals surface area contributed by atoms with Crippen molar-refractivity contribution in [1.82, 2.24) is 15.0 Å². The summed E-state index contributed by atoms with van der Waals surface area (Å²) in [7, 11) is 0. The molecule has 0 aliphatic heterocycles. The van der Waals surface area contributed by atoms with Gasteiger partial charge >= 0.3 is 0 Å². The summed E-state index contributed by atoms with van der Waals surface area (Å²) in [6, 6.07) is 7.64. The molecule has 19 heavy (non-hydrogen) atoms. The molecule has 6 heteroatoms. The maximum Gasteiger partial charge on any atom is 0.224 e. The lowest BCUT2D eigenvalue weighted by Gasteiger charge is -2.10. The first kappa shape index (κ1) is 13.6. The fourth-order valence-corrected chi connectivity index (χ4v) is 1.94. The molecule has 0 unspecified atom stereocenters. The summed E-state index contributed by atoms with van der Waals surface area (Å²) < 4.78 is 5.66. The van der Waals surface area contributed by atoms with Gasteiger partial charge in [0.2, 0.25) is 5.95 Å². The molecule has 0 fully saturated rings. The van der Waals surface area contributed by atoms with Crippen LogP contribution >= 0.6 is 11.8 Å². The number of rotatable bonds is 4. The van der Waals surface area contributed by atoms with Crippen molar-refractivity contribution in [1.29, 1.82) is 0 Å². The topological polar surface area (TPSA) is 73.9 Å². The van der Waals surface area contributed by atoms with Crippen LogP contribution in [0, 0.1) is 0 Å². The van der Waals surface area contributed by atoms with E-state index in [0.717, 1.165) is 11.3 Å². The van der Waals surface area contributed by atoms with Crippen molar-refractivity contribution in [3.05, 3.63) is 24.3 Å². The number of nitrogens with two attached hydrogens (primary N) is 1. The minimum Gasteiger partial charge on any atom is -0.491 e. The molecule has 0 atom stereocenters. The zero-order valence-electron chi connectivity index (χ0n) is 11.1. The molecule has 2 N–H and O–H groups in total. The van der Waals surface area contributed by atoms with Gasteiger partial charge in [-0.2, -0.15) is 9.97 Å². The van der Waals surface area contributed by atoms with Gasteiger partial charge in [0.05, 0.1) is 6.10 Å². The number of benzene rings is 1. The molecule has 100 valence electrons. The molecule has 0 saturated carbocycles. The van der Waals surface area contributed by atoms with Crippen molar-refractivity contribution < 1.29 is 4.74 Å². The van der Waals surface area contributed by atoms with Crippen LogP contribution in [0.15, 0.2) is 29.4 Å². The van der Waals surface area contributed by atoms with Gasteiger partial charge in [-0.15, -0.1) is 0 Å². The Morgan fingerprint density at radius 1 is 1.21 bits per heavy atom. The van der Waals surface area contributed by atoms with Crippen LogP contribution in [0.3, 0.4) is 0 Å². The number of thioether (sulfide) groups is 1. The average molecular weight is 276 g/mol. The fraction of sp³-hybridized carbons (Fsp3) is 0.308. The maximum atomic E-state index is 5.68. The normalized spacial score (nSPS) is 10.7. The predicted molar refractivity (Wildman–Crippen MR) is 77.2 cm³/mol. The first-order valence-electron chi connectivity index (χ1n) is 5.91. The molecule has 0 amide bonds. The summed E-state index contributed by atoms with van der Waals surface area (Å²) in [5, 5.41) is 0.609. The summed E-state index contributed by atoms with van der Waals surface area (Å²) in [6.45, 7) is 3.97. The van der Waals surface area contributed by atoms with Crippen LogP contribution in [-0.4, -0.2) is 27.3 Å². The highest BCUT2D eigenvalue weighted by molar-refractivity contribution is 7.98. The molecule has 1 aromatic carbocycles. The van der Waals surface area contributed by atoms with Gasteiger partial charge in [-0.05, 0) is 32.2 Å². The van der Waals surface area contributed by atoms with Crippen molar-refractivity contribution in [2.75, 3.05) is 12.0 Å². The van der Waals surface area contributed by atoms with Gasteiger partial charge in [-0.25, -0.2) is 4.98 Å². The summed E-state index contributed by atoms with van der Waals surface area (Å²) in [5.74, 6) is 1.58. The third-order valence-electron chi connectivity index (χ3n) is 2.28. The number of hydrogen-bond donors (Lipinski definition) is 1. The zero-order chi connectivity index (χ0) is 13.8. The Morgan fingerprint density at radius 3 is 2.68 bits per heavy atom. The minimum atomic E-state index is 0.125. The van der Waals surface area contributed by atoms with Crippen LogP contribution < -0.4 is 10.5 Å². The molecule has 1 aromatic heterocycles. The van der Waals surface area contributed by atoms with E-state index in [0.29, 0.717) is 11.0 Å². The highest BCUT2D eigenvalue weighted by atomic mass is 32.2. The first-order valence-corrected chi connectivity index (χ1v) is 7.13. The van der Waals surface area contributed by atoms with E-state index in [9.17, 15) is 0 Å². The highest BCUT2D eigenvalue weighted by Gasteiger charge is 2.08. The largest absolute Gasteiger partial charge is 0.491 e. The van der Waals surface area contributed by atoms with Gasteiger partial charge in [-0.3, -0.25) is 0 Å². The van der Waals surface area contributed by atoms with Gasteiger partial charge in [-0.1, -0.05) is 23.9 Å². The van der Waals surface area contributed by atoms with E-state index in [4.69, 9.17) is 10.5 Å². The Balaban J connectivity index is 2.38. The standard InChI is InChI=1S/C13H16N4OS/c1-8(2)18-10-6-4-5-9(7-10)11-15-12(14)17-13(16-11)19-3/h4-8H,1-3H3,(H2,14,15,16,17). The first-order chi connectivity index (χ1) is 9.08. The van der Waals surface area contributed by atoms with Crippen LogP contribution in [0.5, 0.6) is 5.75 Å². The molecule has 0 aliphatic carbocycles. The van der Waals surface area contributed by atoms with Crippen LogP contribution in [0.4, 0.5) is 5.95 Å². The molecule has 5 nitrogen and oxygen atoms in total. The Hall–Kier alpha value is -1.82. The number of aromatic nitrogens is 3. The second-order valence-corrected chi connectivity index (χ2v) is 4.97. The van der Waals surface area contributed by atoms with Gasteiger partial charge in [0.15, 0.2) is 11.0 Å². The Labute approximate surface area is 116 Å². The lowest BCUT2D eigenvalue weighted by Crippen LogP contribution is -2.05. The molecule has 0 saturated heterocycles. The zero-order valence-corrected chi connectivity index (χ0v) is 11.9. The molecule has 0 spiro atoms. The van der Waals surface area contributed by atoms with E-state index in [-0.39, 0.29) is 12.1 Å². The van der Waals surface area contributed by atoms with Crippen molar-refractivity contribution in [2.45, 2.75) is 25.1 Å². The smallest absolute Gasteiger partial charge is 0.224 e. The van der Waals surface area contributed by atoms with Crippen LogP contribution in [0.2, 0.25) is 0 Å². The highest BCUT2D eigenvalue weighted by Crippen LogP contribution is 2.23. The summed E-state index contributed by atoms with van der Waals surface area (Å²) in [4.78, 5) is 12.5. The SMILES string of the molecule is CSc1nc(N)nc(-c2cccc(OC(C)C)c2)n1. The summed E-state index contributed by atoms with van der Waals surface area (Å²) in [5.41, 5.74) is 6.55. The van der Waals surface area contributed by atoms with Crippen LogP contribution in [0.25, 0.3) is 11.4 Å². The third kappa shape index (κ3) is 3.57. The van der Waals surface area contributed by atoms with E-state index in [1.807, 2.05) is 44.4 Å². The molecule has 1 heterocycles. The molecule has 0 radical (unpaired) electrons. The quantitative estimate of drug-likeness (QED) is 0.865. The Bertz CT molecular complexity index is 574. The lowest BCUT2D eigenvalue weighted by molar-refractivity contribution is 0.242. The number of nitrogens with zero attached hydrogens (tertiary/aromatic N) is 3. The van der Waals surface area contributed by atoms with E-state index in [1.165, 1.54) is 11.8 Å². The van der Waals surface area contributed by atoms with Crippen molar-refractivity contribution in [3.63, 3.8) is 0 Å². The number of anilines is 1. The fourth-order valence-electron chi connectivity index (χ4n) is 1.57. The van der Waals surface area contributed by atoms with Crippen LogP contribution in [-0.2, 0) is 0 Å². The van der Waals surface area contributed by atoms with E-state index >= 15 is 0 Å². The maximum absolute atomic E-state index is 5.68. The number of hydrogen-bond acceptors (Lipinski definition) is 6. The van der Waals surface area contributed by atoms with E-state index in [1.54, 1.807) is 0 Å². The molecule has 0 aliphatic rings. The lowest BCUT2D eigenvalue weighted by atomic mass is 10.2. The van der Waals surface area contributed by atoms with E-state index < -0.39 is 0 Å². The number of ether oxygens (including phenoxy) is 1. The van der Waals surface area contributed by atoms with Gasteiger partial charge in [0, 0.05) is 5.56 Å². The van der Waals surface area contributed by atoms with Gasteiger partial charge < -0.3 is 10.5 Å². The monoisotopic (exact) mass is 276 g/mol. The number of nitrogen functional groups attached to an aromatic ring is 1. The predicted octanol–water partition coefficient (Wildman–Crippen LogP) is 2.63. The van der Waals surface area contributed by atoms with Crippen molar-refractivity contribution in [3.8, 4) is 17.1 Å². The molecular formula is C13H16N4OS. The molecule has 0 bridgehead atoms. The van der Waals surface area contributed by atoms with Crippen molar-refractivity contribution >= 4 is 17.7 Å². The Kier molecular flexibility index (Phi) is 4.21. The molecule has 2 rings (SSSR count). The Morgan fingerprint density at radius 2 is 2.00 bits per heavy atom. The minimum absolute atomic E-state index is 0.125. The van der Waals surface area contributed by atoms with Crippen molar-refractivity contribution in [2.24, 2.45) is 0 Å². The van der Waals surface area contributed by atoms with Gasteiger partial charge in [0.25, 0.3) is 0 Å². The van der Waals surface area contributed by atoms with Gasteiger partial charge in [0.1, 0.15) is 5.75 Å². The second kappa shape index (κ2) is 5.88. The van der Waals surface area contributed by atoms with E-state index in [2.05, 4.69) is 15.0 Å². The molecular weight excluding hydrogens is 260 g/mol. The summed E-state index contributed by atoms with van der Waals surface area (Å²) >= 11 is 1.43. The summed E-state index contributed by atoms with van der Waals surface area (Å²) in [6.07, 6.45) is 2.03. The third-order valence-corrected chi connectivity index (χ3v) is 2.83. The second-order valence-electron chi connectivity index (χ2n) is 4.20. The van der Waals surface area contributed by atoms with Crippen LogP contribution in [0.1, 0.15) is 13.8 Å². The molecule has 2 aromatic rings. The average Bonchev–Trinajstić information content (AvgIpc) is 2.37.